The molecule has 0 atom stereocenters. The summed E-state index contributed by atoms with van der Waals surface area (Å²) in [6, 6.07) is 21.0. The van der Waals surface area contributed by atoms with Gasteiger partial charge in [-0.15, -0.1) is 0 Å². The summed E-state index contributed by atoms with van der Waals surface area (Å²) in [5, 5.41) is 0.443. The third-order valence-electron chi connectivity index (χ3n) is 4.37. The SMILES string of the molecule is Cc1ccc2oc(-c3ccccc3)c(OCc3ccccc3F)c(=O)c2c1. The first-order chi connectivity index (χ1) is 13.1. The Morgan fingerprint density at radius 1 is 0.963 bits per heavy atom. The van der Waals surface area contributed by atoms with Crippen LogP contribution in [0.3, 0.4) is 0 Å². The molecule has 0 aliphatic heterocycles. The fraction of sp³-hybridized carbons (Fsp3) is 0.0870. The molecule has 4 heteroatoms. The average molecular weight is 360 g/mol. The molecule has 0 fully saturated rings. The molecule has 0 spiro atoms. The third kappa shape index (κ3) is 3.34. The Balaban J connectivity index is 1.87. The van der Waals surface area contributed by atoms with Crippen molar-refractivity contribution in [2.45, 2.75) is 13.5 Å². The molecular weight excluding hydrogens is 343 g/mol. The fourth-order valence-electron chi connectivity index (χ4n) is 2.97. The van der Waals surface area contributed by atoms with Gasteiger partial charge in [-0.3, -0.25) is 4.79 Å². The number of aryl methyl sites for hydroxylation is 1. The molecule has 3 aromatic carbocycles. The lowest BCUT2D eigenvalue weighted by Crippen LogP contribution is -2.11. The summed E-state index contributed by atoms with van der Waals surface area (Å²) in [5.74, 6) is 0.0515. The van der Waals surface area contributed by atoms with E-state index in [1.807, 2.05) is 43.3 Å². The predicted octanol–water partition coefficient (Wildman–Crippen LogP) is 5.49. The highest BCUT2D eigenvalue weighted by molar-refractivity contribution is 5.82. The van der Waals surface area contributed by atoms with Crippen molar-refractivity contribution in [2.24, 2.45) is 0 Å². The monoisotopic (exact) mass is 360 g/mol. The number of ether oxygens (including phenoxy) is 1. The molecule has 27 heavy (non-hydrogen) atoms. The maximum absolute atomic E-state index is 13.9. The Hall–Kier alpha value is -3.40. The molecule has 3 nitrogen and oxygen atoms in total. The van der Waals surface area contributed by atoms with Gasteiger partial charge >= 0.3 is 0 Å². The van der Waals surface area contributed by atoms with E-state index in [0.717, 1.165) is 11.1 Å². The summed E-state index contributed by atoms with van der Waals surface area (Å²) in [6.07, 6.45) is 0. The predicted molar refractivity (Wildman–Crippen MR) is 103 cm³/mol. The second-order valence-electron chi connectivity index (χ2n) is 6.34. The maximum Gasteiger partial charge on any atom is 0.235 e. The van der Waals surface area contributed by atoms with Crippen LogP contribution >= 0.6 is 0 Å². The number of hydrogen-bond donors (Lipinski definition) is 0. The van der Waals surface area contributed by atoms with E-state index < -0.39 is 0 Å². The van der Waals surface area contributed by atoms with Gasteiger partial charge < -0.3 is 9.15 Å². The van der Waals surface area contributed by atoms with Crippen molar-refractivity contribution < 1.29 is 13.5 Å². The zero-order valence-corrected chi connectivity index (χ0v) is 14.7. The number of hydrogen-bond acceptors (Lipinski definition) is 3. The molecule has 0 saturated heterocycles. The number of fused-ring (bicyclic) bond motifs is 1. The van der Waals surface area contributed by atoms with E-state index in [4.69, 9.17) is 9.15 Å². The fourth-order valence-corrected chi connectivity index (χ4v) is 2.97. The highest BCUT2D eigenvalue weighted by Crippen LogP contribution is 2.31. The van der Waals surface area contributed by atoms with Crippen LogP contribution in [0.5, 0.6) is 5.75 Å². The molecule has 1 aromatic heterocycles. The highest BCUT2D eigenvalue weighted by atomic mass is 19.1. The van der Waals surface area contributed by atoms with Gasteiger partial charge in [0, 0.05) is 11.1 Å². The molecule has 4 rings (SSSR count). The zero-order chi connectivity index (χ0) is 18.8. The molecule has 4 aromatic rings. The Kier molecular flexibility index (Phi) is 4.47. The minimum atomic E-state index is -0.375. The Labute approximate surface area is 155 Å². The van der Waals surface area contributed by atoms with Gasteiger partial charge in [0.15, 0.2) is 5.76 Å². The smallest absolute Gasteiger partial charge is 0.235 e. The van der Waals surface area contributed by atoms with E-state index in [-0.39, 0.29) is 23.6 Å². The van der Waals surface area contributed by atoms with E-state index in [9.17, 15) is 9.18 Å². The Bertz CT molecular complexity index is 1160. The van der Waals surface area contributed by atoms with Crippen LogP contribution in [0.1, 0.15) is 11.1 Å². The standard InChI is InChI=1S/C23H17FO3/c1-15-11-12-20-18(13-15)21(25)23(22(27-20)16-7-3-2-4-8-16)26-14-17-9-5-6-10-19(17)24/h2-13H,14H2,1H3. The van der Waals surface area contributed by atoms with Crippen molar-refractivity contribution in [2.75, 3.05) is 0 Å². The third-order valence-corrected chi connectivity index (χ3v) is 4.37. The van der Waals surface area contributed by atoms with Crippen LogP contribution < -0.4 is 10.2 Å². The van der Waals surface area contributed by atoms with Gasteiger partial charge in [-0.05, 0) is 25.1 Å². The molecule has 0 bridgehead atoms. The summed E-state index contributed by atoms with van der Waals surface area (Å²) in [7, 11) is 0. The molecule has 0 aliphatic carbocycles. The van der Waals surface area contributed by atoms with E-state index >= 15 is 0 Å². The Morgan fingerprint density at radius 2 is 1.70 bits per heavy atom. The van der Waals surface area contributed by atoms with Gasteiger partial charge in [-0.2, -0.15) is 0 Å². The first-order valence-electron chi connectivity index (χ1n) is 8.62. The summed E-state index contributed by atoms with van der Waals surface area (Å²) in [5.41, 5.74) is 2.26. The van der Waals surface area contributed by atoms with Crippen molar-refractivity contribution in [1.82, 2.24) is 0 Å². The van der Waals surface area contributed by atoms with Gasteiger partial charge in [-0.25, -0.2) is 4.39 Å². The summed E-state index contributed by atoms with van der Waals surface area (Å²) in [4.78, 5) is 13.1. The lowest BCUT2D eigenvalue weighted by molar-refractivity contribution is 0.292. The minimum Gasteiger partial charge on any atom is -0.481 e. The first kappa shape index (κ1) is 17.0. The molecule has 0 aliphatic rings. The van der Waals surface area contributed by atoms with Gasteiger partial charge in [-0.1, -0.05) is 60.2 Å². The number of rotatable bonds is 4. The quantitative estimate of drug-likeness (QED) is 0.483. The summed E-state index contributed by atoms with van der Waals surface area (Å²) in [6.45, 7) is 1.85. The van der Waals surface area contributed by atoms with E-state index in [0.29, 0.717) is 22.3 Å². The largest absolute Gasteiger partial charge is 0.481 e. The van der Waals surface area contributed by atoms with Crippen LogP contribution in [0, 0.1) is 12.7 Å². The number of benzene rings is 3. The average Bonchev–Trinajstić information content (AvgIpc) is 2.69. The van der Waals surface area contributed by atoms with Crippen molar-refractivity contribution in [3.05, 3.63) is 100.0 Å². The molecule has 1 heterocycles. The molecule has 0 saturated carbocycles. The van der Waals surface area contributed by atoms with Crippen LogP contribution in [0.15, 0.2) is 82.0 Å². The normalized spacial score (nSPS) is 10.9. The molecule has 0 amide bonds. The van der Waals surface area contributed by atoms with Crippen molar-refractivity contribution in [3.8, 4) is 17.1 Å². The molecule has 0 N–H and O–H groups in total. The van der Waals surface area contributed by atoms with Gasteiger partial charge in [0.2, 0.25) is 11.2 Å². The topological polar surface area (TPSA) is 39.4 Å². The number of halogens is 1. The van der Waals surface area contributed by atoms with Gasteiger partial charge in [0.05, 0.1) is 5.39 Å². The second kappa shape index (κ2) is 7.08. The Morgan fingerprint density at radius 3 is 2.48 bits per heavy atom. The lowest BCUT2D eigenvalue weighted by Gasteiger charge is -2.12. The van der Waals surface area contributed by atoms with Crippen LogP contribution in [-0.2, 0) is 6.61 Å². The summed E-state index contributed by atoms with van der Waals surface area (Å²) >= 11 is 0. The van der Waals surface area contributed by atoms with Gasteiger partial charge in [0.1, 0.15) is 18.0 Å². The van der Waals surface area contributed by atoms with Crippen molar-refractivity contribution in [1.29, 1.82) is 0 Å². The zero-order valence-electron chi connectivity index (χ0n) is 14.7. The molecule has 134 valence electrons. The molecule has 0 unspecified atom stereocenters. The first-order valence-corrected chi connectivity index (χ1v) is 8.62. The maximum atomic E-state index is 13.9. The van der Waals surface area contributed by atoms with Crippen molar-refractivity contribution in [3.63, 3.8) is 0 Å². The van der Waals surface area contributed by atoms with Crippen LogP contribution in [0.2, 0.25) is 0 Å². The van der Waals surface area contributed by atoms with Gasteiger partial charge in [0.25, 0.3) is 0 Å². The lowest BCUT2D eigenvalue weighted by atomic mass is 10.1. The summed E-state index contributed by atoms with van der Waals surface area (Å²) < 4.78 is 25.7. The van der Waals surface area contributed by atoms with Crippen LogP contribution in [0.25, 0.3) is 22.3 Å². The highest BCUT2D eigenvalue weighted by Gasteiger charge is 2.18. The van der Waals surface area contributed by atoms with Crippen LogP contribution in [0.4, 0.5) is 4.39 Å². The van der Waals surface area contributed by atoms with E-state index in [1.54, 1.807) is 30.3 Å². The van der Waals surface area contributed by atoms with E-state index in [2.05, 4.69) is 0 Å². The second-order valence-corrected chi connectivity index (χ2v) is 6.34. The van der Waals surface area contributed by atoms with Crippen LogP contribution in [-0.4, -0.2) is 0 Å². The molecule has 0 radical (unpaired) electrons. The van der Waals surface area contributed by atoms with Crippen molar-refractivity contribution >= 4 is 11.0 Å². The minimum absolute atomic E-state index is 0.0609. The van der Waals surface area contributed by atoms with E-state index in [1.165, 1.54) is 6.07 Å². The molecular formula is C23H17FO3.